The summed E-state index contributed by atoms with van der Waals surface area (Å²) in [5, 5.41) is 3.77. The predicted octanol–water partition coefficient (Wildman–Crippen LogP) is 2.43. The Morgan fingerprint density at radius 1 is 1.20 bits per heavy atom. The van der Waals surface area contributed by atoms with Crippen molar-refractivity contribution < 1.29 is 0 Å². The summed E-state index contributed by atoms with van der Waals surface area (Å²) in [7, 11) is 4.46. The van der Waals surface area contributed by atoms with Crippen LogP contribution < -0.4 is 5.32 Å². The third-order valence-electron chi connectivity index (χ3n) is 5.44. The van der Waals surface area contributed by atoms with Gasteiger partial charge in [-0.25, -0.2) is 0 Å². The van der Waals surface area contributed by atoms with Crippen molar-refractivity contribution >= 4 is 0 Å². The van der Waals surface area contributed by atoms with Gasteiger partial charge < -0.3 is 15.1 Å². The van der Waals surface area contributed by atoms with Crippen molar-refractivity contribution in [1.82, 2.24) is 15.1 Å². The van der Waals surface area contributed by atoms with Crippen LogP contribution >= 0.6 is 0 Å². The topological polar surface area (TPSA) is 18.5 Å². The number of rotatable bonds is 7. The van der Waals surface area contributed by atoms with Crippen LogP contribution in [-0.2, 0) is 0 Å². The van der Waals surface area contributed by atoms with Crippen molar-refractivity contribution in [2.75, 3.05) is 40.3 Å². The van der Waals surface area contributed by atoms with Crippen LogP contribution in [0.3, 0.4) is 0 Å². The molecule has 1 N–H and O–H groups in total. The van der Waals surface area contributed by atoms with Gasteiger partial charge in [-0.15, -0.1) is 0 Å². The summed E-state index contributed by atoms with van der Waals surface area (Å²) in [6, 6.07) is 1.56. The van der Waals surface area contributed by atoms with Gasteiger partial charge in [0.25, 0.3) is 0 Å². The van der Waals surface area contributed by atoms with Crippen molar-refractivity contribution in [1.29, 1.82) is 0 Å². The summed E-state index contributed by atoms with van der Waals surface area (Å²) < 4.78 is 0. The summed E-state index contributed by atoms with van der Waals surface area (Å²) in [5.41, 5.74) is 0. The smallest absolute Gasteiger partial charge is 0.0254 e. The Kier molecular flexibility index (Phi) is 6.31. The first kappa shape index (κ1) is 16.3. The number of likely N-dealkylation sites (N-methyl/N-ethyl adjacent to an activating group) is 1. The van der Waals surface area contributed by atoms with E-state index in [1.807, 2.05) is 0 Å². The summed E-state index contributed by atoms with van der Waals surface area (Å²) >= 11 is 0. The van der Waals surface area contributed by atoms with Crippen LogP contribution in [-0.4, -0.2) is 62.2 Å². The minimum absolute atomic E-state index is 0.757. The molecule has 2 aliphatic rings. The summed E-state index contributed by atoms with van der Waals surface area (Å²) in [6.45, 7) is 9.75. The Morgan fingerprint density at radius 2 is 2.00 bits per heavy atom. The van der Waals surface area contributed by atoms with E-state index in [0.717, 1.165) is 23.9 Å². The number of hydrogen-bond donors (Lipinski definition) is 1. The Morgan fingerprint density at radius 3 is 2.65 bits per heavy atom. The molecule has 2 rings (SSSR count). The minimum atomic E-state index is 0.757. The first-order valence-electron chi connectivity index (χ1n) is 8.74. The van der Waals surface area contributed by atoms with E-state index in [2.05, 4.69) is 43.1 Å². The standard InChI is InChI=1S/C17H35N3/c1-5-10-18-16-8-6-7-15(16)9-11-20-12-14(2)17(13-20)19(3)4/h14-18H,5-13H2,1-4H3. The van der Waals surface area contributed by atoms with Crippen LogP contribution in [0.1, 0.15) is 46.0 Å². The lowest BCUT2D eigenvalue weighted by atomic mass is 9.99. The zero-order valence-electron chi connectivity index (χ0n) is 14.1. The molecule has 0 aromatic heterocycles. The van der Waals surface area contributed by atoms with Gasteiger partial charge in [-0.05, 0) is 64.7 Å². The van der Waals surface area contributed by atoms with Crippen molar-refractivity contribution in [3.63, 3.8) is 0 Å². The van der Waals surface area contributed by atoms with E-state index in [1.54, 1.807) is 0 Å². The second-order valence-electron chi connectivity index (χ2n) is 7.31. The predicted molar refractivity (Wildman–Crippen MR) is 87.1 cm³/mol. The molecule has 0 spiro atoms. The highest BCUT2D eigenvalue weighted by molar-refractivity contribution is 4.88. The first-order valence-corrected chi connectivity index (χ1v) is 8.74. The lowest BCUT2D eigenvalue weighted by Crippen LogP contribution is -2.36. The fourth-order valence-electron chi connectivity index (χ4n) is 4.23. The summed E-state index contributed by atoms with van der Waals surface area (Å²) in [4.78, 5) is 5.11. The van der Waals surface area contributed by atoms with Gasteiger partial charge >= 0.3 is 0 Å². The number of nitrogens with one attached hydrogen (secondary N) is 1. The molecule has 1 saturated carbocycles. The molecule has 0 aromatic carbocycles. The number of likely N-dealkylation sites (tertiary alicyclic amines) is 1. The molecule has 118 valence electrons. The van der Waals surface area contributed by atoms with Crippen molar-refractivity contribution in [2.24, 2.45) is 11.8 Å². The van der Waals surface area contributed by atoms with Gasteiger partial charge in [0.15, 0.2) is 0 Å². The maximum Gasteiger partial charge on any atom is 0.0254 e. The Hall–Kier alpha value is -0.120. The average molecular weight is 281 g/mol. The maximum atomic E-state index is 3.77. The Balaban J connectivity index is 1.72. The molecule has 4 unspecified atom stereocenters. The van der Waals surface area contributed by atoms with Gasteiger partial charge in [-0.1, -0.05) is 20.3 Å². The van der Waals surface area contributed by atoms with Gasteiger partial charge in [-0.2, -0.15) is 0 Å². The van der Waals surface area contributed by atoms with Crippen molar-refractivity contribution in [2.45, 2.75) is 58.0 Å². The maximum absolute atomic E-state index is 3.77. The molecule has 0 bridgehead atoms. The molecule has 3 nitrogen and oxygen atoms in total. The van der Waals surface area contributed by atoms with Crippen LogP contribution in [0, 0.1) is 11.8 Å². The molecule has 0 amide bonds. The molecule has 2 fully saturated rings. The highest BCUT2D eigenvalue weighted by Crippen LogP contribution is 2.29. The van der Waals surface area contributed by atoms with E-state index < -0.39 is 0 Å². The minimum Gasteiger partial charge on any atom is -0.314 e. The molecule has 20 heavy (non-hydrogen) atoms. The zero-order valence-corrected chi connectivity index (χ0v) is 14.1. The van der Waals surface area contributed by atoms with Gasteiger partial charge in [0.05, 0.1) is 0 Å². The van der Waals surface area contributed by atoms with Crippen LogP contribution in [0.2, 0.25) is 0 Å². The molecule has 0 radical (unpaired) electrons. The molecule has 1 heterocycles. The van der Waals surface area contributed by atoms with E-state index >= 15 is 0 Å². The van der Waals surface area contributed by atoms with E-state index in [9.17, 15) is 0 Å². The van der Waals surface area contributed by atoms with Gasteiger partial charge in [0, 0.05) is 25.2 Å². The Labute approximate surface area is 126 Å². The highest BCUT2D eigenvalue weighted by Gasteiger charge is 2.32. The van der Waals surface area contributed by atoms with E-state index in [-0.39, 0.29) is 0 Å². The lowest BCUT2D eigenvalue weighted by Gasteiger charge is -2.25. The highest BCUT2D eigenvalue weighted by atomic mass is 15.2. The molecule has 1 aliphatic heterocycles. The number of hydrogen-bond acceptors (Lipinski definition) is 3. The van der Waals surface area contributed by atoms with Crippen LogP contribution in [0.4, 0.5) is 0 Å². The average Bonchev–Trinajstić information content (AvgIpc) is 3.00. The monoisotopic (exact) mass is 281 g/mol. The quantitative estimate of drug-likeness (QED) is 0.773. The zero-order chi connectivity index (χ0) is 14.5. The summed E-state index contributed by atoms with van der Waals surface area (Å²) in [6.07, 6.45) is 6.94. The number of nitrogens with zero attached hydrogens (tertiary/aromatic N) is 2. The molecule has 0 aromatic rings. The largest absolute Gasteiger partial charge is 0.314 e. The summed E-state index contributed by atoms with van der Waals surface area (Å²) in [5.74, 6) is 1.75. The second-order valence-corrected chi connectivity index (χ2v) is 7.31. The van der Waals surface area contributed by atoms with Gasteiger partial charge in [0.2, 0.25) is 0 Å². The van der Waals surface area contributed by atoms with Crippen LogP contribution in [0.25, 0.3) is 0 Å². The SMILES string of the molecule is CCCNC1CCCC1CCN1CC(C)C(N(C)C)C1. The van der Waals surface area contributed by atoms with Crippen LogP contribution in [0.5, 0.6) is 0 Å². The molecule has 1 aliphatic carbocycles. The Bertz CT molecular complexity index is 279. The van der Waals surface area contributed by atoms with Crippen LogP contribution in [0.15, 0.2) is 0 Å². The fourth-order valence-corrected chi connectivity index (χ4v) is 4.23. The molecule has 1 saturated heterocycles. The molecular formula is C17H35N3. The first-order chi connectivity index (χ1) is 9.61. The molecular weight excluding hydrogens is 246 g/mol. The van der Waals surface area contributed by atoms with Gasteiger partial charge in [-0.3, -0.25) is 0 Å². The van der Waals surface area contributed by atoms with Crippen molar-refractivity contribution in [3.05, 3.63) is 0 Å². The van der Waals surface area contributed by atoms with E-state index in [1.165, 1.54) is 58.3 Å². The third-order valence-corrected chi connectivity index (χ3v) is 5.44. The molecule has 3 heteroatoms. The van der Waals surface area contributed by atoms with Gasteiger partial charge in [0.1, 0.15) is 0 Å². The third kappa shape index (κ3) is 4.19. The fraction of sp³-hybridized carbons (Fsp3) is 1.00. The van der Waals surface area contributed by atoms with E-state index in [0.29, 0.717) is 0 Å². The normalized spacial score (nSPS) is 35.2. The molecule has 4 atom stereocenters. The lowest BCUT2D eigenvalue weighted by molar-refractivity contribution is 0.242. The van der Waals surface area contributed by atoms with E-state index in [4.69, 9.17) is 0 Å². The second kappa shape index (κ2) is 7.77. The van der Waals surface area contributed by atoms with Crippen molar-refractivity contribution in [3.8, 4) is 0 Å².